The monoisotopic (exact) mass is 239 g/mol. The molecule has 0 bridgehead atoms. The highest BCUT2D eigenvalue weighted by Crippen LogP contribution is 2.28. The minimum absolute atomic E-state index is 0.256. The zero-order valence-electron chi connectivity index (χ0n) is 11.1. The minimum atomic E-state index is -0.649. The molecule has 0 unspecified atom stereocenters. The number of aryl methyl sites for hydroxylation is 1. The van der Waals surface area contributed by atoms with E-state index in [1.807, 2.05) is 13.1 Å². The Bertz CT molecular complexity index is 377. The van der Waals surface area contributed by atoms with Gasteiger partial charge >= 0.3 is 0 Å². The lowest BCUT2D eigenvalue weighted by Crippen LogP contribution is -2.20. The highest BCUT2D eigenvalue weighted by Gasteiger charge is 2.14. The van der Waals surface area contributed by atoms with Crippen LogP contribution in [0.5, 0.6) is 0 Å². The van der Waals surface area contributed by atoms with E-state index < -0.39 is 6.10 Å². The van der Waals surface area contributed by atoms with Crippen LogP contribution in [0.1, 0.15) is 43.9 Å². The van der Waals surface area contributed by atoms with Gasteiger partial charge in [-0.3, -0.25) is 0 Å². The van der Waals surface area contributed by atoms with E-state index in [0.29, 0.717) is 11.1 Å². The van der Waals surface area contributed by atoms with Crippen LogP contribution >= 0.6 is 0 Å². The van der Waals surface area contributed by atoms with Crippen molar-refractivity contribution in [3.05, 3.63) is 29.1 Å². The summed E-state index contributed by atoms with van der Waals surface area (Å²) in [5.74, 6) is -0.256. The Morgan fingerprint density at radius 1 is 1.41 bits per heavy atom. The molecule has 2 nitrogen and oxygen atoms in total. The van der Waals surface area contributed by atoms with Gasteiger partial charge in [0, 0.05) is 24.8 Å². The van der Waals surface area contributed by atoms with E-state index in [-0.39, 0.29) is 5.82 Å². The molecule has 0 aromatic heterocycles. The first-order valence-electron chi connectivity index (χ1n) is 6.16. The Hall–Kier alpha value is -1.09. The van der Waals surface area contributed by atoms with Gasteiger partial charge in [0.05, 0.1) is 6.10 Å². The number of hydrogen-bond acceptors (Lipinski definition) is 2. The van der Waals surface area contributed by atoms with E-state index >= 15 is 0 Å². The van der Waals surface area contributed by atoms with Crippen LogP contribution in [0.15, 0.2) is 12.1 Å². The van der Waals surface area contributed by atoms with E-state index in [1.54, 1.807) is 13.8 Å². The van der Waals surface area contributed by atoms with Crippen LogP contribution < -0.4 is 4.90 Å². The Labute approximate surface area is 103 Å². The second-order valence-corrected chi connectivity index (χ2v) is 4.61. The molecule has 0 saturated heterocycles. The Balaban J connectivity index is 3.07. The van der Waals surface area contributed by atoms with E-state index in [2.05, 4.69) is 11.8 Å². The van der Waals surface area contributed by atoms with Crippen molar-refractivity contribution in [2.24, 2.45) is 0 Å². The second kappa shape index (κ2) is 6.01. The molecule has 3 heteroatoms. The van der Waals surface area contributed by atoms with Crippen molar-refractivity contribution in [3.63, 3.8) is 0 Å². The summed E-state index contributed by atoms with van der Waals surface area (Å²) in [5.41, 5.74) is 2.20. The van der Waals surface area contributed by atoms with Crippen molar-refractivity contribution in [1.29, 1.82) is 0 Å². The average Bonchev–Trinajstić information content (AvgIpc) is 2.28. The van der Waals surface area contributed by atoms with Crippen molar-refractivity contribution in [1.82, 2.24) is 0 Å². The maximum Gasteiger partial charge on any atom is 0.126 e. The molecule has 1 rings (SSSR count). The van der Waals surface area contributed by atoms with E-state index in [0.717, 1.165) is 25.1 Å². The molecule has 1 atom stereocenters. The topological polar surface area (TPSA) is 23.5 Å². The maximum absolute atomic E-state index is 13.5. The molecule has 0 aliphatic carbocycles. The molecule has 0 amide bonds. The summed E-state index contributed by atoms with van der Waals surface area (Å²) in [6, 6.07) is 3.25. The summed E-state index contributed by atoms with van der Waals surface area (Å²) in [5, 5.41) is 9.70. The van der Waals surface area contributed by atoms with Gasteiger partial charge in [0.2, 0.25) is 0 Å². The third-order valence-electron chi connectivity index (χ3n) is 3.02. The summed E-state index contributed by atoms with van der Waals surface area (Å²) >= 11 is 0. The van der Waals surface area contributed by atoms with Gasteiger partial charge in [-0.2, -0.15) is 0 Å². The lowest BCUT2D eigenvalue weighted by atomic mass is 10.0. The number of benzene rings is 1. The SMILES string of the molecule is CCCCN(C)c1cc(C)c(F)cc1[C@@H](C)O. The third-order valence-corrected chi connectivity index (χ3v) is 3.02. The molecule has 17 heavy (non-hydrogen) atoms. The summed E-state index contributed by atoms with van der Waals surface area (Å²) < 4.78 is 13.5. The number of anilines is 1. The zero-order valence-corrected chi connectivity index (χ0v) is 11.1. The molecule has 0 aliphatic heterocycles. The number of hydrogen-bond donors (Lipinski definition) is 1. The fourth-order valence-electron chi connectivity index (χ4n) is 1.86. The van der Waals surface area contributed by atoms with E-state index in [9.17, 15) is 9.50 Å². The Kier molecular flexibility index (Phi) is 4.94. The molecule has 0 fully saturated rings. The molecule has 0 heterocycles. The van der Waals surface area contributed by atoms with Crippen molar-refractivity contribution in [3.8, 4) is 0 Å². The predicted molar refractivity (Wildman–Crippen MR) is 69.9 cm³/mol. The highest BCUT2D eigenvalue weighted by molar-refractivity contribution is 5.56. The predicted octanol–water partition coefficient (Wildman–Crippen LogP) is 3.42. The molecule has 1 aromatic carbocycles. The van der Waals surface area contributed by atoms with Gasteiger partial charge in [-0.1, -0.05) is 13.3 Å². The van der Waals surface area contributed by atoms with Crippen LogP contribution in [0.4, 0.5) is 10.1 Å². The first-order chi connectivity index (χ1) is 7.97. The number of aliphatic hydroxyl groups excluding tert-OH is 1. The smallest absolute Gasteiger partial charge is 0.126 e. The van der Waals surface area contributed by atoms with Crippen LogP contribution in [0.2, 0.25) is 0 Å². The zero-order chi connectivity index (χ0) is 13.0. The van der Waals surface area contributed by atoms with Crippen molar-refractivity contribution in [2.45, 2.75) is 39.7 Å². The maximum atomic E-state index is 13.5. The quantitative estimate of drug-likeness (QED) is 0.851. The second-order valence-electron chi connectivity index (χ2n) is 4.61. The average molecular weight is 239 g/mol. The number of aliphatic hydroxyl groups is 1. The first-order valence-corrected chi connectivity index (χ1v) is 6.16. The third kappa shape index (κ3) is 3.43. The van der Waals surface area contributed by atoms with Gasteiger partial charge in [0.1, 0.15) is 5.82 Å². The largest absolute Gasteiger partial charge is 0.389 e. The fourth-order valence-corrected chi connectivity index (χ4v) is 1.86. The number of rotatable bonds is 5. The van der Waals surface area contributed by atoms with E-state index in [1.165, 1.54) is 6.07 Å². The van der Waals surface area contributed by atoms with Crippen LogP contribution in [-0.4, -0.2) is 18.7 Å². The molecule has 1 aromatic rings. The summed E-state index contributed by atoms with van der Waals surface area (Å²) in [4.78, 5) is 2.08. The van der Waals surface area contributed by atoms with Gasteiger partial charge in [-0.15, -0.1) is 0 Å². The number of halogens is 1. The van der Waals surface area contributed by atoms with Crippen LogP contribution in [0.25, 0.3) is 0 Å². The molecule has 0 spiro atoms. The lowest BCUT2D eigenvalue weighted by Gasteiger charge is -2.24. The molecular weight excluding hydrogens is 217 g/mol. The normalized spacial score (nSPS) is 12.6. The van der Waals surface area contributed by atoms with Gasteiger partial charge in [-0.25, -0.2) is 4.39 Å². The van der Waals surface area contributed by atoms with Crippen molar-refractivity contribution >= 4 is 5.69 Å². The minimum Gasteiger partial charge on any atom is -0.389 e. The number of nitrogens with zero attached hydrogens (tertiary/aromatic N) is 1. The molecule has 96 valence electrons. The Morgan fingerprint density at radius 3 is 2.59 bits per heavy atom. The Morgan fingerprint density at radius 2 is 2.06 bits per heavy atom. The number of unbranched alkanes of at least 4 members (excludes halogenated alkanes) is 1. The lowest BCUT2D eigenvalue weighted by molar-refractivity contribution is 0.199. The fraction of sp³-hybridized carbons (Fsp3) is 0.571. The standard InChI is InChI=1S/C14H22FNO/c1-5-6-7-16(4)14-8-10(2)13(15)9-12(14)11(3)17/h8-9,11,17H,5-7H2,1-4H3/t11-/m1/s1. The van der Waals surface area contributed by atoms with E-state index in [4.69, 9.17) is 0 Å². The van der Waals surface area contributed by atoms with Crippen LogP contribution in [0, 0.1) is 12.7 Å². The molecule has 1 N–H and O–H groups in total. The molecule has 0 aliphatic rings. The first kappa shape index (κ1) is 14.0. The molecular formula is C14H22FNO. The molecule has 0 radical (unpaired) electrons. The highest BCUT2D eigenvalue weighted by atomic mass is 19.1. The van der Waals surface area contributed by atoms with Gasteiger partial charge < -0.3 is 10.0 Å². The van der Waals surface area contributed by atoms with Gasteiger partial charge in [0.15, 0.2) is 0 Å². The molecule has 0 saturated carbocycles. The van der Waals surface area contributed by atoms with Gasteiger partial charge in [0.25, 0.3) is 0 Å². The van der Waals surface area contributed by atoms with Gasteiger partial charge in [-0.05, 0) is 38.0 Å². The van der Waals surface area contributed by atoms with Crippen molar-refractivity contribution in [2.75, 3.05) is 18.5 Å². The summed E-state index contributed by atoms with van der Waals surface area (Å²) in [6.45, 7) is 6.47. The van der Waals surface area contributed by atoms with Crippen LogP contribution in [-0.2, 0) is 0 Å². The summed E-state index contributed by atoms with van der Waals surface area (Å²) in [7, 11) is 1.98. The van der Waals surface area contributed by atoms with Crippen molar-refractivity contribution < 1.29 is 9.50 Å². The van der Waals surface area contributed by atoms with Crippen LogP contribution in [0.3, 0.4) is 0 Å². The summed E-state index contributed by atoms with van der Waals surface area (Å²) in [6.07, 6.45) is 1.56.